The number of carbonyl (C=O) groups is 3. The number of nitrogens with one attached hydrogen (secondary N) is 2. The zero-order valence-electron chi connectivity index (χ0n) is 21.2. The van der Waals surface area contributed by atoms with Crippen LogP contribution < -0.4 is 21.3 Å². The van der Waals surface area contributed by atoms with Crippen LogP contribution in [-0.2, 0) is 9.47 Å². The number of primary amides is 1. The van der Waals surface area contributed by atoms with Gasteiger partial charge in [-0.1, -0.05) is 25.5 Å². The van der Waals surface area contributed by atoms with Gasteiger partial charge in [0.05, 0.1) is 25.5 Å². The van der Waals surface area contributed by atoms with Gasteiger partial charge in [-0.2, -0.15) is 0 Å². The molecule has 1 atom stereocenters. The van der Waals surface area contributed by atoms with Gasteiger partial charge in [0.15, 0.2) is 0 Å². The third-order valence-corrected chi connectivity index (χ3v) is 7.62. The molecule has 200 valence electrons. The highest BCUT2D eigenvalue weighted by molar-refractivity contribution is 7.18. The first kappa shape index (κ1) is 26.7. The number of likely N-dealkylation sites (tertiary alicyclic amines) is 1. The zero-order valence-corrected chi connectivity index (χ0v) is 22.0. The standard InChI is InChI=1S/C26H35N5O5S/c1-2-3-12-36-26(34)31-9-5-7-19(17-31)28-24(32)23-21(29-25(27)33)16-22(37-23)18-6-4-8-20(15-18)30-10-13-35-14-11-30/h4,6,8,15-16,19H,2-3,5,7,9-14,17H2,1H3,(H,28,32)(H3,27,29,33)/t19-/m0/s1. The van der Waals surface area contributed by atoms with Crippen LogP contribution in [0.15, 0.2) is 30.3 Å². The lowest BCUT2D eigenvalue weighted by Gasteiger charge is -2.32. The van der Waals surface area contributed by atoms with Crippen LogP contribution in [-0.4, -0.2) is 75.0 Å². The normalized spacial score (nSPS) is 17.8. The summed E-state index contributed by atoms with van der Waals surface area (Å²) < 4.78 is 10.8. The molecule has 2 saturated heterocycles. The highest BCUT2D eigenvalue weighted by atomic mass is 32.1. The number of unbranched alkanes of at least 4 members (excludes halogenated alkanes) is 1. The Morgan fingerprint density at radius 3 is 2.76 bits per heavy atom. The minimum Gasteiger partial charge on any atom is -0.449 e. The van der Waals surface area contributed by atoms with E-state index in [-0.39, 0.29) is 18.0 Å². The first-order valence-electron chi connectivity index (χ1n) is 12.8. The molecule has 4 N–H and O–H groups in total. The lowest BCUT2D eigenvalue weighted by atomic mass is 10.1. The summed E-state index contributed by atoms with van der Waals surface area (Å²) in [6.45, 7) is 6.45. The first-order chi connectivity index (χ1) is 17.9. The second kappa shape index (κ2) is 12.8. The largest absolute Gasteiger partial charge is 0.449 e. The van der Waals surface area contributed by atoms with E-state index in [2.05, 4.69) is 27.7 Å². The Morgan fingerprint density at radius 1 is 1.19 bits per heavy atom. The molecule has 2 aromatic rings. The van der Waals surface area contributed by atoms with E-state index in [1.54, 1.807) is 11.0 Å². The van der Waals surface area contributed by atoms with Crippen LogP contribution in [0.25, 0.3) is 10.4 Å². The number of hydrogen-bond acceptors (Lipinski definition) is 7. The van der Waals surface area contributed by atoms with Crippen LogP contribution >= 0.6 is 11.3 Å². The summed E-state index contributed by atoms with van der Waals surface area (Å²) in [7, 11) is 0. The number of hydrogen-bond donors (Lipinski definition) is 3. The fraction of sp³-hybridized carbons (Fsp3) is 0.500. The maximum Gasteiger partial charge on any atom is 0.409 e. The number of benzene rings is 1. The highest BCUT2D eigenvalue weighted by Crippen LogP contribution is 2.36. The summed E-state index contributed by atoms with van der Waals surface area (Å²) in [5.74, 6) is -0.310. The molecular formula is C26H35N5O5S. The first-order valence-corrected chi connectivity index (χ1v) is 13.6. The molecule has 2 aliphatic heterocycles. The maximum atomic E-state index is 13.3. The Labute approximate surface area is 221 Å². The Hall–Kier alpha value is -3.31. The molecule has 4 amide bonds. The molecule has 2 aliphatic rings. The van der Waals surface area contributed by atoms with Crippen molar-refractivity contribution in [2.45, 2.75) is 38.6 Å². The van der Waals surface area contributed by atoms with Crippen molar-refractivity contribution in [3.8, 4) is 10.4 Å². The minimum atomic E-state index is -0.737. The quantitative estimate of drug-likeness (QED) is 0.446. The van der Waals surface area contributed by atoms with Gasteiger partial charge in [0.1, 0.15) is 4.88 Å². The van der Waals surface area contributed by atoms with E-state index in [1.807, 2.05) is 19.1 Å². The smallest absolute Gasteiger partial charge is 0.409 e. The molecule has 37 heavy (non-hydrogen) atoms. The highest BCUT2D eigenvalue weighted by Gasteiger charge is 2.28. The molecular weight excluding hydrogens is 494 g/mol. The molecule has 0 aliphatic carbocycles. The number of nitrogens with two attached hydrogens (primary N) is 1. The third-order valence-electron chi connectivity index (χ3n) is 6.44. The zero-order chi connectivity index (χ0) is 26.2. The predicted octanol–water partition coefficient (Wildman–Crippen LogP) is 3.87. The van der Waals surface area contributed by atoms with Gasteiger partial charge >= 0.3 is 12.1 Å². The number of nitrogens with zero attached hydrogens (tertiary/aromatic N) is 2. The molecule has 0 spiro atoms. The number of ether oxygens (including phenoxy) is 2. The molecule has 1 aromatic carbocycles. The van der Waals surface area contributed by atoms with Crippen LogP contribution in [0.3, 0.4) is 0 Å². The lowest BCUT2D eigenvalue weighted by molar-refractivity contribution is 0.0798. The van der Waals surface area contributed by atoms with Crippen LogP contribution in [0.1, 0.15) is 42.3 Å². The van der Waals surface area contributed by atoms with Crippen molar-refractivity contribution in [3.63, 3.8) is 0 Å². The molecule has 11 heteroatoms. The summed E-state index contributed by atoms with van der Waals surface area (Å²) in [5, 5.41) is 5.63. The Morgan fingerprint density at radius 2 is 2.00 bits per heavy atom. The van der Waals surface area contributed by atoms with E-state index in [0.717, 1.165) is 54.9 Å². The van der Waals surface area contributed by atoms with Crippen molar-refractivity contribution in [3.05, 3.63) is 35.2 Å². The number of urea groups is 1. The summed E-state index contributed by atoms with van der Waals surface area (Å²) in [5.41, 5.74) is 7.79. The summed E-state index contributed by atoms with van der Waals surface area (Å²) in [4.78, 5) is 42.5. The van der Waals surface area contributed by atoms with Crippen molar-refractivity contribution in [2.75, 3.05) is 56.2 Å². The molecule has 0 radical (unpaired) electrons. The lowest BCUT2D eigenvalue weighted by Crippen LogP contribution is -2.49. The van der Waals surface area contributed by atoms with Gasteiger partial charge in [-0.05, 0) is 43.0 Å². The molecule has 0 bridgehead atoms. The molecule has 10 nitrogen and oxygen atoms in total. The SMILES string of the molecule is CCCCOC(=O)N1CCC[C@H](NC(=O)c2sc(-c3cccc(N4CCOCC4)c3)cc2NC(N)=O)C1. The van der Waals surface area contributed by atoms with Gasteiger partial charge in [0, 0.05) is 42.8 Å². The Kier molecular flexibility index (Phi) is 9.24. The van der Waals surface area contributed by atoms with E-state index in [1.165, 1.54) is 11.3 Å². The maximum absolute atomic E-state index is 13.3. The van der Waals surface area contributed by atoms with Gasteiger partial charge < -0.3 is 35.6 Å². The fourth-order valence-electron chi connectivity index (χ4n) is 4.51. The number of morpholine rings is 1. The van der Waals surface area contributed by atoms with Crippen LogP contribution in [0, 0.1) is 0 Å². The molecule has 0 unspecified atom stereocenters. The fourth-order valence-corrected chi connectivity index (χ4v) is 5.52. The Balaban J connectivity index is 1.48. The second-order valence-electron chi connectivity index (χ2n) is 9.22. The van der Waals surface area contributed by atoms with Crippen LogP contribution in [0.4, 0.5) is 21.0 Å². The van der Waals surface area contributed by atoms with E-state index in [9.17, 15) is 14.4 Å². The number of anilines is 2. The second-order valence-corrected chi connectivity index (χ2v) is 10.3. The van der Waals surface area contributed by atoms with E-state index in [0.29, 0.717) is 43.5 Å². The number of piperidine rings is 1. The van der Waals surface area contributed by atoms with Crippen molar-refractivity contribution in [1.82, 2.24) is 10.2 Å². The average Bonchev–Trinajstić information content (AvgIpc) is 3.33. The van der Waals surface area contributed by atoms with Crippen molar-refractivity contribution in [1.29, 1.82) is 0 Å². The van der Waals surface area contributed by atoms with Gasteiger partial charge in [-0.25, -0.2) is 9.59 Å². The van der Waals surface area contributed by atoms with Crippen LogP contribution in [0.2, 0.25) is 0 Å². The van der Waals surface area contributed by atoms with Crippen molar-refractivity contribution >= 4 is 40.7 Å². The summed E-state index contributed by atoms with van der Waals surface area (Å²) in [6, 6.07) is 8.93. The topological polar surface area (TPSA) is 126 Å². The van der Waals surface area contributed by atoms with E-state index >= 15 is 0 Å². The third kappa shape index (κ3) is 7.14. The number of thiophene rings is 1. The summed E-state index contributed by atoms with van der Waals surface area (Å²) >= 11 is 1.30. The molecule has 2 fully saturated rings. The van der Waals surface area contributed by atoms with Crippen LogP contribution in [0.5, 0.6) is 0 Å². The predicted molar refractivity (Wildman–Crippen MR) is 144 cm³/mol. The average molecular weight is 530 g/mol. The molecule has 3 heterocycles. The van der Waals surface area contributed by atoms with E-state index < -0.39 is 6.03 Å². The molecule has 1 aromatic heterocycles. The van der Waals surface area contributed by atoms with Gasteiger partial charge in [-0.3, -0.25) is 4.79 Å². The Bertz CT molecular complexity index is 1100. The van der Waals surface area contributed by atoms with Gasteiger partial charge in [0.2, 0.25) is 0 Å². The summed E-state index contributed by atoms with van der Waals surface area (Å²) in [6.07, 6.45) is 2.95. The molecule has 0 saturated carbocycles. The number of carbonyl (C=O) groups excluding carboxylic acids is 3. The van der Waals surface area contributed by atoms with Gasteiger partial charge in [0.25, 0.3) is 5.91 Å². The van der Waals surface area contributed by atoms with Crippen molar-refractivity contribution < 1.29 is 23.9 Å². The number of rotatable bonds is 8. The molecule has 4 rings (SSSR count). The minimum absolute atomic E-state index is 0.211. The monoisotopic (exact) mass is 529 g/mol. The van der Waals surface area contributed by atoms with Crippen molar-refractivity contribution in [2.24, 2.45) is 5.73 Å². The van der Waals surface area contributed by atoms with Gasteiger partial charge in [-0.15, -0.1) is 11.3 Å². The van der Waals surface area contributed by atoms with E-state index in [4.69, 9.17) is 15.2 Å². The number of amides is 4.